The van der Waals surface area contributed by atoms with Gasteiger partial charge in [-0.2, -0.15) is 0 Å². The predicted octanol–water partition coefficient (Wildman–Crippen LogP) is 0.525. The molecule has 3 fully saturated rings. The molecule has 0 unspecified atom stereocenters. The Morgan fingerprint density at radius 2 is 1.52 bits per heavy atom. The molecule has 21 atom stereocenters. The van der Waals surface area contributed by atoms with E-state index in [0.717, 1.165) is 0 Å². The molecule has 0 saturated carbocycles. The lowest BCUT2D eigenvalue weighted by Crippen LogP contribution is -2.65. The van der Waals surface area contributed by atoms with Crippen molar-refractivity contribution in [2.45, 2.75) is 191 Å². The molecule has 0 aliphatic carbocycles. The summed E-state index contributed by atoms with van der Waals surface area (Å²) in [6.45, 7) is 13.1. The van der Waals surface area contributed by atoms with Gasteiger partial charge in [0.15, 0.2) is 24.7 Å². The van der Waals surface area contributed by atoms with Crippen LogP contribution >= 0.6 is 0 Å². The van der Waals surface area contributed by atoms with Gasteiger partial charge in [0, 0.05) is 30.6 Å². The summed E-state index contributed by atoms with van der Waals surface area (Å²) in [5.41, 5.74) is -0.876. The van der Waals surface area contributed by atoms with Crippen molar-refractivity contribution in [3.63, 3.8) is 0 Å². The summed E-state index contributed by atoms with van der Waals surface area (Å²) in [5, 5.41) is 76.0. The Kier molecular flexibility index (Phi) is 19.2. The molecule has 4 aliphatic heterocycles. The topological polar surface area (TPSA) is 261 Å². The Hall–Kier alpha value is -2.27. The molecule has 0 aromatic rings. The van der Waals surface area contributed by atoms with Gasteiger partial charge in [0.2, 0.25) is 0 Å². The summed E-state index contributed by atoms with van der Waals surface area (Å²) < 4.78 is 42.6. The zero-order valence-electron chi connectivity index (χ0n) is 37.8. The second kappa shape index (κ2) is 22.8. The molecule has 7 N–H and O–H groups in total. The number of hydrogen-bond donors (Lipinski definition) is 7. The average Bonchev–Trinajstić information content (AvgIpc) is 3.20. The van der Waals surface area contributed by atoms with E-state index in [1.807, 2.05) is 0 Å². The van der Waals surface area contributed by atoms with Crippen LogP contribution in [-0.4, -0.2) is 183 Å². The largest absolute Gasteiger partial charge is 0.462 e. The number of aldehydes is 1. The molecule has 18 heteroatoms. The SMILES string of the molecule is CC[C@H]1OC(=O)C[C@@H](O)[C@@H](C)[C@@H](O[C@H]2O[C@H](C)[C@@H](O[C@@H]3C[C@](C)(O)[C@@H](O)[C@@H](C)O3)[C@H](N(C)C)[C@@H]2O)[C@@H](CC=O)C[C@H](C)C(=O)/C=C\C(C)=C\[C@@H]1CO[C@H]1O[C@H](C)[C@@H](O)[C@@H](O)[C@@H]1O. The second-order valence-electron chi connectivity index (χ2n) is 18.3. The number of likely N-dealkylation sites (N-methyl/N-ethyl adjacent to an activating group) is 1. The summed E-state index contributed by atoms with van der Waals surface area (Å²) in [5.74, 6) is -3.84. The van der Waals surface area contributed by atoms with Crippen molar-refractivity contribution in [1.29, 1.82) is 0 Å². The summed E-state index contributed by atoms with van der Waals surface area (Å²) in [6.07, 6.45) is -11.6. The minimum absolute atomic E-state index is 0.0454. The molecule has 356 valence electrons. The highest BCUT2D eigenvalue weighted by Gasteiger charge is 2.51. The average molecular weight is 888 g/mol. The van der Waals surface area contributed by atoms with Gasteiger partial charge >= 0.3 is 5.97 Å². The van der Waals surface area contributed by atoms with Crippen LogP contribution in [0.5, 0.6) is 0 Å². The van der Waals surface area contributed by atoms with Crippen LogP contribution in [0.15, 0.2) is 23.8 Å². The number of hydrogen-bond acceptors (Lipinski definition) is 18. The molecule has 0 amide bonds. The number of aliphatic hydroxyl groups is 7. The van der Waals surface area contributed by atoms with Crippen molar-refractivity contribution in [2.24, 2.45) is 23.7 Å². The van der Waals surface area contributed by atoms with Gasteiger partial charge in [0.1, 0.15) is 49.0 Å². The molecule has 0 bridgehead atoms. The van der Waals surface area contributed by atoms with E-state index in [1.165, 1.54) is 19.9 Å². The fraction of sp³-hybridized carbons (Fsp3) is 0.841. The number of carbonyl (C=O) groups is 3. The highest BCUT2D eigenvalue weighted by molar-refractivity contribution is 5.91. The molecule has 4 aliphatic rings. The zero-order chi connectivity index (χ0) is 46.4. The van der Waals surface area contributed by atoms with Crippen LogP contribution in [0.2, 0.25) is 0 Å². The fourth-order valence-electron chi connectivity index (χ4n) is 9.02. The molecular weight excluding hydrogens is 814 g/mol. The zero-order valence-corrected chi connectivity index (χ0v) is 37.8. The maximum absolute atomic E-state index is 13.6. The molecule has 0 aromatic heterocycles. The number of ketones is 1. The van der Waals surface area contributed by atoms with Gasteiger partial charge in [-0.15, -0.1) is 0 Å². The molecule has 3 saturated heterocycles. The predicted molar refractivity (Wildman–Crippen MR) is 221 cm³/mol. The highest BCUT2D eigenvalue weighted by atomic mass is 16.7. The van der Waals surface area contributed by atoms with Crippen LogP contribution in [0, 0.1) is 23.7 Å². The van der Waals surface area contributed by atoms with E-state index < -0.39 is 140 Å². The third-order valence-corrected chi connectivity index (χ3v) is 12.9. The first-order chi connectivity index (χ1) is 29.0. The number of rotatable bonds is 11. The van der Waals surface area contributed by atoms with Crippen molar-refractivity contribution >= 4 is 18.0 Å². The third kappa shape index (κ3) is 13.0. The Morgan fingerprint density at radius 1 is 0.855 bits per heavy atom. The first-order valence-electron chi connectivity index (χ1n) is 21.9. The normalized spacial score (nSPS) is 47.0. The number of esters is 1. The number of allylic oxidation sites excluding steroid dienone is 3. The van der Waals surface area contributed by atoms with Gasteiger partial charge in [0.25, 0.3) is 0 Å². The van der Waals surface area contributed by atoms with Gasteiger partial charge in [0.05, 0.1) is 55.2 Å². The highest BCUT2D eigenvalue weighted by Crippen LogP contribution is 2.37. The van der Waals surface area contributed by atoms with E-state index in [-0.39, 0.29) is 31.7 Å². The monoisotopic (exact) mass is 887 g/mol. The van der Waals surface area contributed by atoms with Gasteiger partial charge in [-0.25, -0.2) is 0 Å². The minimum atomic E-state index is -1.56. The molecule has 62 heavy (non-hydrogen) atoms. The van der Waals surface area contributed by atoms with Gasteiger partial charge < -0.3 is 78.6 Å². The van der Waals surface area contributed by atoms with Crippen LogP contribution in [0.4, 0.5) is 0 Å². The summed E-state index contributed by atoms with van der Waals surface area (Å²) >= 11 is 0. The number of ether oxygens (including phenoxy) is 7. The van der Waals surface area contributed by atoms with Crippen molar-refractivity contribution in [1.82, 2.24) is 4.90 Å². The second-order valence-corrected chi connectivity index (χ2v) is 18.3. The fourth-order valence-corrected chi connectivity index (χ4v) is 9.02. The maximum Gasteiger partial charge on any atom is 0.308 e. The van der Waals surface area contributed by atoms with Crippen molar-refractivity contribution in [3.05, 3.63) is 23.8 Å². The Bertz CT molecular complexity index is 1530. The molecule has 0 radical (unpaired) electrons. The Morgan fingerprint density at radius 3 is 2.13 bits per heavy atom. The van der Waals surface area contributed by atoms with E-state index in [4.69, 9.17) is 33.2 Å². The smallest absolute Gasteiger partial charge is 0.308 e. The molecule has 0 spiro atoms. The molecule has 0 aromatic carbocycles. The van der Waals surface area contributed by atoms with E-state index >= 15 is 0 Å². The quantitative estimate of drug-likeness (QED) is 0.110. The molecular formula is C44H73NO17. The molecule has 4 rings (SSSR count). The van der Waals surface area contributed by atoms with Crippen LogP contribution in [0.1, 0.15) is 87.5 Å². The first kappa shape index (κ1) is 52.4. The maximum atomic E-state index is 13.6. The summed E-state index contributed by atoms with van der Waals surface area (Å²) in [6, 6.07) is -0.761. The Labute approximate surface area is 365 Å². The van der Waals surface area contributed by atoms with E-state index in [9.17, 15) is 50.1 Å². The number of carbonyl (C=O) groups excluding carboxylic acids is 3. The summed E-state index contributed by atoms with van der Waals surface area (Å²) in [7, 11) is 3.48. The van der Waals surface area contributed by atoms with E-state index in [1.54, 1.807) is 72.7 Å². The Balaban J connectivity index is 1.61. The van der Waals surface area contributed by atoms with Gasteiger partial charge in [-0.1, -0.05) is 38.5 Å². The van der Waals surface area contributed by atoms with Gasteiger partial charge in [-0.3, -0.25) is 9.59 Å². The van der Waals surface area contributed by atoms with E-state index in [2.05, 4.69) is 0 Å². The third-order valence-electron chi connectivity index (χ3n) is 12.9. The van der Waals surface area contributed by atoms with E-state index in [0.29, 0.717) is 18.3 Å². The number of aliphatic hydroxyl groups excluding tert-OH is 6. The van der Waals surface area contributed by atoms with Crippen molar-refractivity contribution in [2.75, 3.05) is 20.7 Å². The lowest BCUT2D eigenvalue weighted by atomic mass is 9.79. The van der Waals surface area contributed by atoms with Crippen molar-refractivity contribution in [3.8, 4) is 0 Å². The minimum Gasteiger partial charge on any atom is -0.462 e. The lowest BCUT2D eigenvalue weighted by Gasteiger charge is -2.50. The van der Waals surface area contributed by atoms with Crippen LogP contribution in [0.25, 0.3) is 0 Å². The summed E-state index contributed by atoms with van der Waals surface area (Å²) in [4.78, 5) is 41.3. The number of nitrogens with zero attached hydrogens (tertiary/aromatic N) is 1. The first-order valence-corrected chi connectivity index (χ1v) is 21.9. The van der Waals surface area contributed by atoms with Crippen LogP contribution in [-0.2, 0) is 47.5 Å². The molecule has 18 nitrogen and oxygen atoms in total. The van der Waals surface area contributed by atoms with Gasteiger partial charge in [-0.05, 0) is 73.5 Å². The van der Waals surface area contributed by atoms with Crippen molar-refractivity contribution < 1.29 is 83.3 Å². The molecule has 4 heterocycles. The van der Waals surface area contributed by atoms with Crippen LogP contribution < -0.4 is 0 Å². The lowest BCUT2D eigenvalue weighted by molar-refractivity contribution is -0.341. The van der Waals surface area contributed by atoms with Crippen LogP contribution in [0.3, 0.4) is 0 Å². The number of cyclic esters (lactones) is 1. The standard InChI is InChI=1S/C44H73NO17/c1-11-31-28(20-56-42-38(53)37(52)35(50)24(5)58-42)16-21(2)12-13-29(47)22(3)17-27(14-15-46)39(23(4)30(48)18-32(49)60-31)62-43-36(51)34(45(9)10)40(25(6)59-43)61-33-19-44(8,55)41(54)26(7)57-33/h12-13,15-16,22-28,30-31,33-43,48,50-55H,11,14,17-20H2,1-10H3/b13-12-,21-16+/t22-,23+,24+,25+,26+,27-,28+,30+,31+,33+,34+,35+,36-,37+,38-,39+,40+,41-,42-,43+,44-/m0/s1.